The fraction of sp³-hybridized carbons (Fsp3) is 0.545. The van der Waals surface area contributed by atoms with Gasteiger partial charge in [-0.2, -0.15) is 0 Å². The van der Waals surface area contributed by atoms with Crippen LogP contribution in [0.4, 0.5) is 4.79 Å². The smallest absolute Gasteiger partial charge is 0.408 e. The largest absolute Gasteiger partial charge is 0.445 e. The summed E-state index contributed by atoms with van der Waals surface area (Å²) in [6.07, 6.45) is 2.68. The van der Waals surface area contributed by atoms with Crippen molar-refractivity contribution in [3.63, 3.8) is 0 Å². The minimum absolute atomic E-state index is 0.0932. The number of rotatable bonds is 13. The molecule has 0 aliphatic carbocycles. The molecule has 3 amide bonds. The van der Waals surface area contributed by atoms with E-state index in [1.807, 2.05) is 51.1 Å². The van der Waals surface area contributed by atoms with Gasteiger partial charge in [0, 0.05) is 0 Å². The summed E-state index contributed by atoms with van der Waals surface area (Å²) in [4.78, 5) is 47.6. The minimum Gasteiger partial charge on any atom is -0.445 e. The molecule has 1 rings (SSSR count). The molecule has 0 aliphatic heterocycles. The SMILES string of the molecule is CCCCC(C=O)NC(=O)CNC(=O)C(CC(C)C)NC(=O)OCc1ccccc1. The van der Waals surface area contributed by atoms with Gasteiger partial charge in [-0.1, -0.05) is 63.9 Å². The van der Waals surface area contributed by atoms with E-state index in [-0.39, 0.29) is 19.1 Å². The van der Waals surface area contributed by atoms with Crippen LogP contribution in [-0.4, -0.2) is 42.8 Å². The van der Waals surface area contributed by atoms with Crippen molar-refractivity contribution >= 4 is 24.2 Å². The summed E-state index contributed by atoms with van der Waals surface area (Å²) in [7, 11) is 0. The highest BCUT2D eigenvalue weighted by Gasteiger charge is 2.23. The zero-order valence-corrected chi connectivity index (χ0v) is 18.0. The Labute approximate surface area is 178 Å². The van der Waals surface area contributed by atoms with Crippen LogP contribution < -0.4 is 16.0 Å². The van der Waals surface area contributed by atoms with Gasteiger partial charge in [0.05, 0.1) is 12.6 Å². The van der Waals surface area contributed by atoms with Crippen LogP contribution in [0.25, 0.3) is 0 Å². The Kier molecular flexibility index (Phi) is 11.8. The number of carbonyl (C=O) groups excluding carboxylic acids is 4. The molecule has 0 heterocycles. The van der Waals surface area contributed by atoms with Crippen LogP contribution in [0.5, 0.6) is 0 Å². The topological polar surface area (TPSA) is 114 Å². The predicted molar refractivity (Wildman–Crippen MR) is 114 cm³/mol. The van der Waals surface area contributed by atoms with Crippen molar-refractivity contribution in [3.05, 3.63) is 35.9 Å². The zero-order valence-electron chi connectivity index (χ0n) is 18.0. The van der Waals surface area contributed by atoms with E-state index in [0.717, 1.165) is 18.4 Å². The third-order valence-electron chi connectivity index (χ3n) is 4.33. The number of ether oxygens (including phenoxy) is 1. The maximum atomic E-state index is 12.5. The van der Waals surface area contributed by atoms with Gasteiger partial charge in [-0.15, -0.1) is 0 Å². The van der Waals surface area contributed by atoms with E-state index in [2.05, 4.69) is 16.0 Å². The number of carbonyl (C=O) groups is 4. The molecule has 1 aromatic carbocycles. The number of aldehydes is 1. The van der Waals surface area contributed by atoms with Crippen molar-refractivity contribution in [2.24, 2.45) is 5.92 Å². The molecule has 0 bridgehead atoms. The van der Waals surface area contributed by atoms with E-state index in [0.29, 0.717) is 19.1 Å². The van der Waals surface area contributed by atoms with E-state index in [4.69, 9.17) is 4.74 Å². The molecule has 0 radical (unpaired) electrons. The van der Waals surface area contributed by atoms with E-state index in [1.165, 1.54) is 0 Å². The second-order valence-electron chi connectivity index (χ2n) is 7.56. The first-order chi connectivity index (χ1) is 14.3. The summed E-state index contributed by atoms with van der Waals surface area (Å²) in [6, 6.07) is 7.82. The molecule has 1 aromatic rings. The normalized spacial score (nSPS) is 12.5. The van der Waals surface area contributed by atoms with Crippen LogP contribution in [0.3, 0.4) is 0 Å². The molecule has 0 aromatic heterocycles. The summed E-state index contributed by atoms with van der Waals surface area (Å²) in [5.41, 5.74) is 0.835. The third-order valence-corrected chi connectivity index (χ3v) is 4.33. The summed E-state index contributed by atoms with van der Waals surface area (Å²) in [6.45, 7) is 5.66. The Morgan fingerprint density at radius 2 is 1.80 bits per heavy atom. The van der Waals surface area contributed by atoms with Crippen LogP contribution in [0.1, 0.15) is 52.0 Å². The Bertz CT molecular complexity index is 679. The van der Waals surface area contributed by atoms with Crippen LogP contribution in [0.2, 0.25) is 0 Å². The highest BCUT2D eigenvalue weighted by molar-refractivity contribution is 5.90. The van der Waals surface area contributed by atoms with Crippen molar-refractivity contribution in [2.75, 3.05) is 6.54 Å². The van der Waals surface area contributed by atoms with Crippen molar-refractivity contribution in [1.82, 2.24) is 16.0 Å². The summed E-state index contributed by atoms with van der Waals surface area (Å²) in [5, 5.41) is 7.66. The predicted octanol–water partition coefficient (Wildman–Crippen LogP) is 2.32. The monoisotopic (exact) mass is 419 g/mol. The maximum Gasteiger partial charge on any atom is 0.408 e. The molecule has 0 saturated carbocycles. The first kappa shape index (κ1) is 25.1. The lowest BCUT2D eigenvalue weighted by molar-refractivity contribution is -0.128. The van der Waals surface area contributed by atoms with Crippen LogP contribution in [-0.2, 0) is 25.7 Å². The second kappa shape index (κ2) is 14.1. The first-order valence-corrected chi connectivity index (χ1v) is 10.3. The van der Waals surface area contributed by atoms with E-state index < -0.39 is 30.0 Å². The van der Waals surface area contributed by atoms with Crippen LogP contribution >= 0.6 is 0 Å². The second-order valence-corrected chi connectivity index (χ2v) is 7.56. The average molecular weight is 420 g/mol. The summed E-state index contributed by atoms with van der Waals surface area (Å²) in [5.74, 6) is -0.796. The number of hydrogen-bond donors (Lipinski definition) is 3. The molecule has 0 aliphatic rings. The summed E-state index contributed by atoms with van der Waals surface area (Å²) < 4.78 is 5.17. The molecule has 2 unspecified atom stereocenters. The lowest BCUT2D eigenvalue weighted by Crippen LogP contribution is -2.50. The highest BCUT2D eigenvalue weighted by Crippen LogP contribution is 2.06. The fourth-order valence-corrected chi connectivity index (χ4v) is 2.76. The van der Waals surface area contributed by atoms with Gasteiger partial charge in [0.15, 0.2) is 0 Å². The molecule has 166 valence electrons. The molecule has 3 N–H and O–H groups in total. The van der Waals surface area contributed by atoms with E-state index in [1.54, 1.807) is 0 Å². The molecular weight excluding hydrogens is 386 g/mol. The Morgan fingerprint density at radius 1 is 1.10 bits per heavy atom. The van der Waals surface area contributed by atoms with Gasteiger partial charge < -0.3 is 25.5 Å². The van der Waals surface area contributed by atoms with E-state index in [9.17, 15) is 19.2 Å². The molecule has 2 atom stereocenters. The van der Waals surface area contributed by atoms with Gasteiger partial charge in [-0.25, -0.2) is 4.79 Å². The maximum absolute atomic E-state index is 12.5. The van der Waals surface area contributed by atoms with E-state index >= 15 is 0 Å². The van der Waals surface area contributed by atoms with Crippen molar-refractivity contribution < 1.29 is 23.9 Å². The third kappa shape index (κ3) is 10.6. The number of unbranched alkanes of at least 4 members (excludes halogenated alkanes) is 1. The van der Waals surface area contributed by atoms with Crippen molar-refractivity contribution in [3.8, 4) is 0 Å². The standard InChI is InChI=1S/C22H33N3O5/c1-4-5-11-18(14-26)24-20(27)13-23-21(28)19(12-16(2)3)25-22(29)30-15-17-9-7-6-8-10-17/h6-10,14,16,18-19H,4-5,11-13,15H2,1-3H3,(H,23,28)(H,24,27)(H,25,29). The number of amides is 3. The molecular formula is C22H33N3O5. The van der Waals surface area contributed by atoms with Gasteiger partial charge >= 0.3 is 6.09 Å². The molecule has 0 fully saturated rings. The van der Waals surface area contributed by atoms with Crippen molar-refractivity contribution in [2.45, 2.75) is 65.1 Å². The van der Waals surface area contributed by atoms with Gasteiger partial charge in [-0.3, -0.25) is 9.59 Å². The van der Waals surface area contributed by atoms with Gasteiger partial charge in [-0.05, 0) is 24.3 Å². The first-order valence-electron chi connectivity index (χ1n) is 10.3. The van der Waals surface area contributed by atoms with Gasteiger partial charge in [0.1, 0.15) is 18.9 Å². The lowest BCUT2D eigenvalue weighted by atomic mass is 10.0. The van der Waals surface area contributed by atoms with Crippen LogP contribution in [0.15, 0.2) is 30.3 Å². The minimum atomic E-state index is -0.831. The average Bonchev–Trinajstić information content (AvgIpc) is 2.73. The molecule has 30 heavy (non-hydrogen) atoms. The Hall–Kier alpha value is -2.90. The van der Waals surface area contributed by atoms with Gasteiger partial charge in [0.25, 0.3) is 0 Å². The molecule has 0 saturated heterocycles. The number of benzene rings is 1. The van der Waals surface area contributed by atoms with Crippen molar-refractivity contribution in [1.29, 1.82) is 0 Å². The molecule has 0 spiro atoms. The van der Waals surface area contributed by atoms with Gasteiger partial charge in [0.2, 0.25) is 11.8 Å². The number of hydrogen-bond acceptors (Lipinski definition) is 5. The van der Waals surface area contributed by atoms with Crippen LogP contribution in [0, 0.1) is 5.92 Å². The summed E-state index contributed by atoms with van der Waals surface area (Å²) >= 11 is 0. The lowest BCUT2D eigenvalue weighted by Gasteiger charge is -2.20. The number of alkyl carbamates (subject to hydrolysis) is 1. The fourth-order valence-electron chi connectivity index (χ4n) is 2.76. The number of nitrogens with one attached hydrogen (secondary N) is 3. The molecule has 8 nitrogen and oxygen atoms in total. The highest BCUT2D eigenvalue weighted by atomic mass is 16.5. The Morgan fingerprint density at radius 3 is 2.40 bits per heavy atom. The quantitative estimate of drug-likeness (QED) is 0.425. The molecule has 8 heteroatoms. The Balaban J connectivity index is 2.51. The zero-order chi connectivity index (χ0) is 22.4.